The van der Waals surface area contributed by atoms with Crippen molar-refractivity contribution < 1.29 is 4.74 Å². The first-order valence-electron chi connectivity index (χ1n) is 10.0. The zero-order valence-electron chi connectivity index (χ0n) is 17.1. The minimum Gasteiger partial charge on any atom is -0.495 e. The molecular weight excluding hydrogens is 402 g/mol. The summed E-state index contributed by atoms with van der Waals surface area (Å²) < 4.78 is 5.31. The van der Waals surface area contributed by atoms with Gasteiger partial charge in [0.05, 0.1) is 30.4 Å². The van der Waals surface area contributed by atoms with Gasteiger partial charge in [0.25, 0.3) is 0 Å². The zero-order valence-corrected chi connectivity index (χ0v) is 17.1. The Morgan fingerprint density at radius 1 is 0.781 bits per heavy atom. The molecule has 0 aliphatic heterocycles. The van der Waals surface area contributed by atoms with E-state index in [0.717, 1.165) is 50.1 Å². The molecule has 0 saturated carbocycles. The fourth-order valence-electron chi connectivity index (χ4n) is 3.88. The van der Waals surface area contributed by atoms with E-state index in [2.05, 4.69) is 47.2 Å². The number of nitrogens with one attached hydrogen (secondary N) is 2. The number of ether oxygens (including phenoxy) is 1. The number of aromatic amines is 2. The van der Waals surface area contributed by atoms with E-state index in [0.29, 0.717) is 11.4 Å². The summed E-state index contributed by atoms with van der Waals surface area (Å²) in [5.41, 5.74) is 7.18. The smallest absolute Gasteiger partial charge is 0.181 e. The highest BCUT2D eigenvalue weighted by atomic mass is 16.5. The molecule has 0 aromatic carbocycles. The van der Waals surface area contributed by atoms with Gasteiger partial charge in [-0.05, 0) is 36.4 Å². The molecule has 6 heterocycles. The first-order valence-corrected chi connectivity index (χ1v) is 10.0. The van der Waals surface area contributed by atoms with Crippen molar-refractivity contribution in [2.24, 2.45) is 0 Å². The Morgan fingerprint density at radius 3 is 2.53 bits per heavy atom. The summed E-state index contributed by atoms with van der Waals surface area (Å²) in [7, 11) is 1.63. The Bertz CT molecular complexity index is 1570. The molecule has 8 nitrogen and oxygen atoms in total. The molecule has 0 bridgehead atoms. The molecule has 6 rings (SSSR count). The Morgan fingerprint density at radius 2 is 1.66 bits per heavy atom. The normalized spacial score (nSPS) is 11.3. The Balaban J connectivity index is 1.50. The van der Waals surface area contributed by atoms with Crippen molar-refractivity contribution in [1.82, 2.24) is 35.1 Å². The average molecular weight is 419 g/mol. The highest BCUT2D eigenvalue weighted by molar-refractivity contribution is 5.99. The Kier molecular flexibility index (Phi) is 4.14. The van der Waals surface area contributed by atoms with Crippen molar-refractivity contribution in [3.8, 4) is 39.5 Å². The van der Waals surface area contributed by atoms with Crippen molar-refractivity contribution in [3.63, 3.8) is 0 Å². The second-order valence-corrected chi connectivity index (χ2v) is 7.35. The number of aromatic nitrogens is 7. The summed E-state index contributed by atoms with van der Waals surface area (Å²) in [5, 5.41) is 9.47. The lowest BCUT2D eigenvalue weighted by molar-refractivity contribution is 0.413. The van der Waals surface area contributed by atoms with E-state index in [1.54, 1.807) is 44.3 Å². The highest BCUT2D eigenvalue weighted by Crippen LogP contribution is 2.33. The molecule has 0 amide bonds. The fourth-order valence-corrected chi connectivity index (χ4v) is 3.88. The van der Waals surface area contributed by atoms with E-state index >= 15 is 0 Å². The molecule has 6 aromatic heterocycles. The maximum atomic E-state index is 5.31. The predicted octanol–water partition coefficient (Wildman–Crippen LogP) is 4.63. The van der Waals surface area contributed by atoms with Crippen molar-refractivity contribution in [2.45, 2.75) is 0 Å². The van der Waals surface area contributed by atoms with Gasteiger partial charge >= 0.3 is 0 Å². The minimum atomic E-state index is 0.644. The standard InChI is InChI=1S/C24H17N7O/c1-32-17-8-15(11-26-13-17)16-9-19-23(30-31-24(19)28-12-16)21-10-18-20(29-21)4-7-27-22(18)14-2-5-25-6-3-14/h2-13,29H,1H3,(H,28,30,31). The van der Waals surface area contributed by atoms with Crippen LogP contribution in [0, 0.1) is 0 Å². The van der Waals surface area contributed by atoms with Gasteiger partial charge in [-0.15, -0.1) is 0 Å². The zero-order chi connectivity index (χ0) is 21.5. The molecule has 32 heavy (non-hydrogen) atoms. The molecule has 0 radical (unpaired) electrons. The van der Waals surface area contributed by atoms with Crippen LogP contribution < -0.4 is 4.74 Å². The topological polar surface area (TPSA) is 105 Å². The van der Waals surface area contributed by atoms with E-state index in [4.69, 9.17) is 4.74 Å². The summed E-state index contributed by atoms with van der Waals surface area (Å²) in [5.74, 6) is 0.696. The van der Waals surface area contributed by atoms with E-state index in [-0.39, 0.29) is 0 Å². The van der Waals surface area contributed by atoms with Gasteiger partial charge in [-0.1, -0.05) is 0 Å². The molecule has 0 unspecified atom stereocenters. The fraction of sp³-hybridized carbons (Fsp3) is 0.0417. The molecule has 2 N–H and O–H groups in total. The molecule has 0 fully saturated rings. The second kappa shape index (κ2) is 7.28. The van der Waals surface area contributed by atoms with Gasteiger partial charge in [0.15, 0.2) is 5.65 Å². The largest absolute Gasteiger partial charge is 0.495 e. The van der Waals surface area contributed by atoms with Gasteiger partial charge < -0.3 is 9.72 Å². The SMILES string of the molecule is COc1cncc(-c2cnc3n[nH]c(-c4cc5c(-c6ccncc6)nccc5[nH]4)c3c2)c1. The van der Waals surface area contributed by atoms with Crippen LogP contribution in [0.15, 0.2) is 73.6 Å². The number of fused-ring (bicyclic) bond motifs is 2. The Hall–Kier alpha value is -4.59. The summed E-state index contributed by atoms with van der Waals surface area (Å²) in [6, 6.07) is 12.0. The molecule has 0 saturated heterocycles. The quantitative estimate of drug-likeness (QED) is 0.431. The van der Waals surface area contributed by atoms with Crippen LogP contribution in [0.5, 0.6) is 5.75 Å². The third-order valence-electron chi connectivity index (χ3n) is 5.46. The van der Waals surface area contributed by atoms with Crippen LogP contribution in [0.1, 0.15) is 0 Å². The number of pyridine rings is 4. The molecule has 0 aliphatic rings. The molecule has 154 valence electrons. The number of nitrogens with zero attached hydrogens (tertiary/aromatic N) is 5. The molecule has 8 heteroatoms. The number of H-pyrrole nitrogens is 2. The molecule has 6 aromatic rings. The van der Waals surface area contributed by atoms with E-state index in [9.17, 15) is 0 Å². The third kappa shape index (κ3) is 2.97. The van der Waals surface area contributed by atoms with Crippen molar-refractivity contribution in [1.29, 1.82) is 0 Å². The lowest BCUT2D eigenvalue weighted by Gasteiger charge is -2.04. The van der Waals surface area contributed by atoms with Gasteiger partial charge in [-0.2, -0.15) is 5.10 Å². The highest BCUT2D eigenvalue weighted by Gasteiger charge is 2.15. The monoisotopic (exact) mass is 419 g/mol. The van der Waals surface area contributed by atoms with Gasteiger partial charge in [0.2, 0.25) is 0 Å². The second-order valence-electron chi connectivity index (χ2n) is 7.35. The maximum Gasteiger partial charge on any atom is 0.181 e. The number of rotatable bonds is 4. The third-order valence-corrected chi connectivity index (χ3v) is 5.46. The van der Waals surface area contributed by atoms with E-state index in [1.807, 2.05) is 24.3 Å². The number of hydrogen-bond donors (Lipinski definition) is 2. The lowest BCUT2D eigenvalue weighted by Crippen LogP contribution is -1.87. The summed E-state index contributed by atoms with van der Waals surface area (Å²) >= 11 is 0. The summed E-state index contributed by atoms with van der Waals surface area (Å²) in [6.07, 6.45) is 10.6. The molecular formula is C24H17N7O. The average Bonchev–Trinajstić information content (AvgIpc) is 3.48. The molecule has 0 aliphatic carbocycles. The minimum absolute atomic E-state index is 0.644. The van der Waals surface area contributed by atoms with Crippen LogP contribution in [0.3, 0.4) is 0 Å². The summed E-state index contributed by atoms with van der Waals surface area (Å²) in [4.78, 5) is 21.0. The van der Waals surface area contributed by atoms with Crippen LogP contribution in [-0.2, 0) is 0 Å². The molecule has 0 spiro atoms. The number of methoxy groups -OCH3 is 1. The lowest BCUT2D eigenvalue weighted by atomic mass is 10.1. The van der Waals surface area contributed by atoms with E-state index < -0.39 is 0 Å². The van der Waals surface area contributed by atoms with Crippen LogP contribution in [-0.4, -0.2) is 42.2 Å². The predicted molar refractivity (Wildman–Crippen MR) is 122 cm³/mol. The van der Waals surface area contributed by atoms with Crippen LogP contribution in [0.2, 0.25) is 0 Å². The van der Waals surface area contributed by atoms with Gasteiger partial charge in [0, 0.05) is 64.0 Å². The Labute approximate surface area is 182 Å². The van der Waals surface area contributed by atoms with Gasteiger partial charge in [-0.3, -0.25) is 20.1 Å². The molecule has 0 atom stereocenters. The van der Waals surface area contributed by atoms with Crippen molar-refractivity contribution >= 4 is 21.9 Å². The first-order chi connectivity index (χ1) is 15.8. The van der Waals surface area contributed by atoms with Crippen LogP contribution in [0.25, 0.3) is 55.7 Å². The van der Waals surface area contributed by atoms with E-state index in [1.165, 1.54) is 0 Å². The van der Waals surface area contributed by atoms with Gasteiger partial charge in [-0.25, -0.2) is 4.98 Å². The number of hydrogen-bond acceptors (Lipinski definition) is 6. The summed E-state index contributed by atoms with van der Waals surface area (Å²) in [6.45, 7) is 0. The first kappa shape index (κ1) is 18.2. The van der Waals surface area contributed by atoms with Crippen LogP contribution in [0.4, 0.5) is 0 Å². The van der Waals surface area contributed by atoms with Crippen molar-refractivity contribution in [2.75, 3.05) is 7.11 Å². The van der Waals surface area contributed by atoms with Crippen molar-refractivity contribution in [3.05, 3.63) is 73.6 Å². The van der Waals surface area contributed by atoms with Gasteiger partial charge in [0.1, 0.15) is 5.75 Å². The maximum absolute atomic E-state index is 5.31. The van der Waals surface area contributed by atoms with Crippen LogP contribution >= 0.6 is 0 Å².